The lowest BCUT2D eigenvalue weighted by Gasteiger charge is -2.26. The number of hydrogen-bond donors (Lipinski definition) is 2. The Kier molecular flexibility index (Phi) is 5.38. The predicted molar refractivity (Wildman–Crippen MR) is 80.2 cm³/mol. The van der Waals surface area contributed by atoms with Crippen LogP contribution in [0, 0.1) is 5.92 Å². The van der Waals surface area contributed by atoms with Gasteiger partial charge in [0.2, 0.25) is 11.9 Å². The van der Waals surface area contributed by atoms with Crippen molar-refractivity contribution >= 4 is 11.9 Å². The van der Waals surface area contributed by atoms with Crippen LogP contribution in [0.2, 0.25) is 0 Å². The van der Waals surface area contributed by atoms with Crippen molar-refractivity contribution in [2.75, 3.05) is 24.3 Å². The maximum Gasteiger partial charge on any atom is 0.323 e. The van der Waals surface area contributed by atoms with Gasteiger partial charge in [-0.25, -0.2) is 0 Å². The Balaban J connectivity index is 2.02. The van der Waals surface area contributed by atoms with Gasteiger partial charge in [0.05, 0.1) is 6.61 Å². The molecule has 0 amide bonds. The third kappa shape index (κ3) is 4.21. The highest BCUT2D eigenvalue weighted by atomic mass is 16.5. The molecule has 1 fully saturated rings. The van der Waals surface area contributed by atoms with E-state index in [9.17, 15) is 0 Å². The van der Waals surface area contributed by atoms with Crippen LogP contribution in [0.15, 0.2) is 0 Å². The van der Waals surface area contributed by atoms with E-state index in [-0.39, 0.29) is 0 Å². The molecule has 0 saturated heterocycles. The lowest BCUT2D eigenvalue weighted by molar-refractivity contribution is 0.292. The summed E-state index contributed by atoms with van der Waals surface area (Å²) in [5.41, 5.74) is 0. The zero-order valence-corrected chi connectivity index (χ0v) is 12.6. The van der Waals surface area contributed by atoms with Gasteiger partial charge in [-0.05, 0) is 38.0 Å². The van der Waals surface area contributed by atoms with Crippen LogP contribution >= 0.6 is 0 Å². The summed E-state index contributed by atoms with van der Waals surface area (Å²) in [6.45, 7) is 4.99. The fourth-order valence-electron chi connectivity index (χ4n) is 2.38. The molecule has 0 unspecified atom stereocenters. The molecular weight excluding hydrogens is 254 g/mol. The number of rotatable bonds is 6. The molecule has 1 saturated carbocycles. The van der Waals surface area contributed by atoms with E-state index in [0.29, 0.717) is 30.6 Å². The van der Waals surface area contributed by atoms with Gasteiger partial charge in [-0.15, -0.1) is 0 Å². The van der Waals surface area contributed by atoms with E-state index < -0.39 is 0 Å². The van der Waals surface area contributed by atoms with Crippen molar-refractivity contribution in [2.24, 2.45) is 5.92 Å². The number of nitrogens with zero attached hydrogens (tertiary/aromatic N) is 3. The van der Waals surface area contributed by atoms with Crippen molar-refractivity contribution in [1.82, 2.24) is 15.0 Å². The molecule has 1 aromatic rings. The Hall–Kier alpha value is -1.59. The van der Waals surface area contributed by atoms with Gasteiger partial charge >= 0.3 is 6.01 Å². The summed E-state index contributed by atoms with van der Waals surface area (Å²) in [6.07, 6.45) is 5.81. The van der Waals surface area contributed by atoms with Crippen molar-refractivity contribution in [2.45, 2.75) is 52.0 Å². The average Bonchev–Trinajstić information content (AvgIpc) is 2.47. The first-order valence-electron chi connectivity index (χ1n) is 7.54. The standard InChI is InChI=1S/C14H25N5O/c1-4-9-20-14-18-12(15-3)17-13(19-14)16-11-7-5-10(2)6-8-11/h10-11H,4-9H2,1-3H3,(H2,15,16,17,18,19). The first-order valence-corrected chi connectivity index (χ1v) is 7.54. The van der Waals surface area contributed by atoms with Gasteiger partial charge in [0.1, 0.15) is 0 Å². The third-order valence-electron chi connectivity index (χ3n) is 3.62. The summed E-state index contributed by atoms with van der Waals surface area (Å²) in [6, 6.07) is 0.843. The van der Waals surface area contributed by atoms with Crippen LogP contribution in [0.25, 0.3) is 0 Å². The molecule has 1 aromatic heterocycles. The second-order valence-corrected chi connectivity index (χ2v) is 5.46. The summed E-state index contributed by atoms with van der Waals surface area (Å²) in [7, 11) is 1.80. The first-order chi connectivity index (χ1) is 9.71. The number of aromatic nitrogens is 3. The Labute approximate surface area is 120 Å². The van der Waals surface area contributed by atoms with Gasteiger partial charge in [-0.3, -0.25) is 0 Å². The molecule has 0 atom stereocenters. The van der Waals surface area contributed by atoms with Crippen LogP contribution in [0.4, 0.5) is 11.9 Å². The van der Waals surface area contributed by atoms with Gasteiger partial charge in [0.15, 0.2) is 0 Å². The van der Waals surface area contributed by atoms with E-state index in [4.69, 9.17) is 4.74 Å². The summed E-state index contributed by atoms with van der Waals surface area (Å²) in [4.78, 5) is 12.9. The van der Waals surface area contributed by atoms with Crippen LogP contribution in [0.5, 0.6) is 6.01 Å². The van der Waals surface area contributed by atoms with E-state index in [2.05, 4.69) is 39.4 Å². The third-order valence-corrected chi connectivity index (χ3v) is 3.62. The lowest BCUT2D eigenvalue weighted by atomic mass is 9.87. The maximum atomic E-state index is 5.50. The molecule has 0 bridgehead atoms. The van der Waals surface area contributed by atoms with Crippen molar-refractivity contribution < 1.29 is 4.74 Å². The molecule has 2 N–H and O–H groups in total. The molecule has 0 spiro atoms. The maximum absolute atomic E-state index is 5.50. The number of hydrogen-bond acceptors (Lipinski definition) is 6. The van der Waals surface area contributed by atoms with Gasteiger partial charge in [0, 0.05) is 13.1 Å². The fourth-order valence-corrected chi connectivity index (χ4v) is 2.38. The minimum Gasteiger partial charge on any atom is -0.463 e. The van der Waals surface area contributed by atoms with Crippen molar-refractivity contribution in [3.63, 3.8) is 0 Å². The Bertz CT molecular complexity index is 418. The molecule has 2 rings (SSSR count). The van der Waals surface area contributed by atoms with Gasteiger partial charge in [-0.1, -0.05) is 13.8 Å². The SMILES string of the molecule is CCCOc1nc(NC)nc(NC2CCC(C)CC2)n1. The average molecular weight is 279 g/mol. The highest BCUT2D eigenvalue weighted by Crippen LogP contribution is 2.25. The summed E-state index contributed by atoms with van der Waals surface area (Å²) < 4.78 is 5.50. The molecule has 6 nitrogen and oxygen atoms in total. The van der Waals surface area contributed by atoms with E-state index in [1.807, 2.05) is 0 Å². The largest absolute Gasteiger partial charge is 0.463 e. The molecule has 0 radical (unpaired) electrons. The van der Waals surface area contributed by atoms with E-state index in [1.165, 1.54) is 25.7 Å². The lowest BCUT2D eigenvalue weighted by Crippen LogP contribution is -2.26. The summed E-state index contributed by atoms with van der Waals surface area (Å²) in [5, 5.41) is 6.36. The van der Waals surface area contributed by atoms with Crippen molar-refractivity contribution in [1.29, 1.82) is 0 Å². The van der Waals surface area contributed by atoms with Crippen molar-refractivity contribution in [3.8, 4) is 6.01 Å². The van der Waals surface area contributed by atoms with E-state index in [0.717, 1.165) is 12.3 Å². The highest BCUT2D eigenvalue weighted by Gasteiger charge is 2.19. The Morgan fingerprint density at radius 3 is 2.45 bits per heavy atom. The van der Waals surface area contributed by atoms with Gasteiger partial charge in [0.25, 0.3) is 0 Å². The van der Waals surface area contributed by atoms with Crippen LogP contribution in [0.3, 0.4) is 0 Å². The first kappa shape index (κ1) is 14.8. The topological polar surface area (TPSA) is 72.0 Å². The van der Waals surface area contributed by atoms with Crippen LogP contribution < -0.4 is 15.4 Å². The Morgan fingerprint density at radius 2 is 1.80 bits per heavy atom. The number of nitrogens with one attached hydrogen (secondary N) is 2. The molecule has 6 heteroatoms. The quantitative estimate of drug-likeness (QED) is 0.834. The van der Waals surface area contributed by atoms with Crippen molar-refractivity contribution in [3.05, 3.63) is 0 Å². The minimum absolute atomic E-state index is 0.387. The highest BCUT2D eigenvalue weighted by molar-refractivity contribution is 5.36. The summed E-state index contributed by atoms with van der Waals surface area (Å²) >= 11 is 0. The monoisotopic (exact) mass is 279 g/mol. The van der Waals surface area contributed by atoms with Gasteiger partial charge < -0.3 is 15.4 Å². The molecule has 20 heavy (non-hydrogen) atoms. The smallest absolute Gasteiger partial charge is 0.323 e. The fraction of sp³-hybridized carbons (Fsp3) is 0.786. The number of ether oxygens (including phenoxy) is 1. The zero-order valence-electron chi connectivity index (χ0n) is 12.6. The van der Waals surface area contributed by atoms with E-state index >= 15 is 0 Å². The van der Waals surface area contributed by atoms with Crippen LogP contribution in [-0.2, 0) is 0 Å². The molecule has 1 aliphatic carbocycles. The van der Waals surface area contributed by atoms with E-state index in [1.54, 1.807) is 7.05 Å². The summed E-state index contributed by atoms with van der Waals surface area (Å²) in [5.74, 6) is 1.98. The second-order valence-electron chi connectivity index (χ2n) is 5.46. The molecule has 1 aliphatic rings. The minimum atomic E-state index is 0.387. The van der Waals surface area contributed by atoms with Crippen LogP contribution in [-0.4, -0.2) is 34.6 Å². The van der Waals surface area contributed by atoms with Gasteiger partial charge in [-0.2, -0.15) is 15.0 Å². The molecule has 112 valence electrons. The predicted octanol–water partition coefficient (Wildman–Crippen LogP) is 2.69. The molecule has 0 aromatic carbocycles. The number of anilines is 2. The van der Waals surface area contributed by atoms with Crippen LogP contribution in [0.1, 0.15) is 46.0 Å². The zero-order chi connectivity index (χ0) is 14.4. The normalized spacial score (nSPS) is 22.4. The molecule has 1 heterocycles. The second kappa shape index (κ2) is 7.26. The molecule has 0 aliphatic heterocycles. The Morgan fingerprint density at radius 1 is 1.10 bits per heavy atom. The molecular formula is C14H25N5O.